The van der Waals surface area contributed by atoms with Crippen LogP contribution in [0.3, 0.4) is 0 Å². The van der Waals surface area contributed by atoms with Gasteiger partial charge in [-0.15, -0.1) is 0 Å². The average molecular weight is 340 g/mol. The van der Waals surface area contributed by atoms with Gasteiger partial charge < -0.3 is 10.1 Å². The van der Waals surface area contributed by atoms with Crippen molar-refractivity contribution in [2.24, 2.45) is 0 Å². The van der Waals surface area contributed by atoms with E-state index in [0.717, 1.165) is 18.4 Å². The fraction of sp³-hybridized carbons (Fsp3) is 0.562. The lowest BCUT2D eigenvalue weighted by Crippen LogP contribution is -2.45. The van der Waals surface area contributed by atoms with E-state index in [1.807, 2.05) is 13.8 Å². The number of hydrogen-bond donors (Lipinski definition) is 2. The van der Waals surface area contributed by atoms with Crippen molar-refractivity contribution < 1.29 is 17.9 Å². The number of rotatable bonds is 5. The summed E-state index contributed by atoms with van der Waals surface area (Å²) in [5.41, 5.74) is 0.742. The number of carbonyl (C=O) groups is 1. The molecule has 1 aliphatic rings. The number of hydrogen-bond acceptors (Lipinski definition) is 4. The zero-order valence-corrected chi connectivity index (χ0v) is 14.6. The highest BCUT2D eigenvalue weighted by atomic mass is 32.2. The largest absolute Gasteiger partial charge is 0.491 e. The molecule has 0 bridgehead atoms. The summed E-state index contributed by atoms with van der Waals surface area (Å²) in [6, 6.07) is 4.00. The third-order valence-corrected chi connectivity index (χ3v) is 5.12. The van der Waals surface area contributed by atoms with Gasteiger partial charge in [-0.1, -0.05) is 0 Å². The molecule has 1 aromatic rings. The highest BCUT2D eigenvalue weighted by Gasteiger charge is 2.27. The third kappa shape index (κ3) is 4.68. The molecule has 2 N–H and O–H groups in total. The Morgan fingerprint density at radius 1 is 1.30 bits per heavy atom. The molecule has 0 aromatic heterocycles. The molecule has 1 aliphatic heterocycles. The summed E-state index contributed by atoms with van der Waals surface area (Å²) in [7, 11) is -3.74. The van der Waals surface area contributed by atoms with E-state index in [-0.39, 0.29) is 16.9 Å². The van der Waals surface area contributed by atoms with Crippen LogP contribution < -0.4 is 14.8 Å². The zero-order chi connectivity index (χ0) is 17.0. The fourth-order valence-electron chi connectivity index (χ4n) is 2.48. The molecule has 128 valence electrons. The first kappa shape index (κ1) is 17.7. The minimum Gasteiger partial charge on any atom is -0.491 e. The van der Waals surface area contributed by atoms with Crippen LogP contribution in [0.5, 0.6) is 5.75 Å². The van der Waals surface area contributed by atoms with Gasteiger partial charge in [-0.05, 0) is 63.8 Å². The van der Waals surface area contributed by atoms with Crippen LogP contribution in [-0.4, -0.2) is 33.0 Å². The maximum atomic E-state index is 12.5. The molecule has 1 amide bonds. The molecule has 23 heavy (non-hydrogen) atoms. The summed E-state index contributed by atoms with van der Waals surface area (Å²) >= 11 is 0. The van der Waals surface area contributed by atoms with E-state index in [9.17, 15) is 13.2 Å². The molecule has 0 aliphatic carbocycles. The van der Waals surface area contributed by atoms with Crippen molar-refractivity contribution in [2.45, 2.75) is 57.1 Å². The second-order valence-electron chi connectivity index (χ2n) is 6.05. The van der Waals surface area contributed by atoms with Crippen molar-refractivity contribution in [3.63, 3.8) is 0 Å². The topological polar surface area (TPSA) is 84.5 Å². The van der Waals surface area contributed by atoms with Gasteiger partial charge >= 0.3 is 0 Å². The summed E-state index contributed by atoms with van der Waals surface area (Å²) in [5.74, 6) is 0.397. The molecule has 0 saturated carbocycles. The SMILES string of the molecule is Cc1cc(S(=O)(=O)N[C@@H]2CCCCNC2=O)ccc1OC(C)C. The van der Waals surface area contributed by atoms with E-state index in [1.165, 1.54) is 6.07 Å². The van der Waals surface area contributed by atoms with E-state index < -0.39 is 16.1 Å². The fourth-order valence-corrected chi connectivity index (χ4v) is 3.80. The van der Waals surface area contributed by atoms with Crippen molar-refractivity contribution in [3.8, 4) is 5.75 Å². The summed E-state index contributed by atoms with van der Waals surface area (Å²) in [5, 5.41) is 2.72. The number of nitrogens with one attached hydrogen (secondary N) is 2. The van der Waals surface area contributed by atoms with Crippen LogP contribution in [-0.2, 0) is 14.8 Å². The van der Waals surface area contributed by atoms with Crippen molar-refractivity contribution in [2.75, 3.05) is 6.54 Å². The maximum absolute atomic E-state index is 12.5. The molecule has 1 saturated heterocycles. The van der Waals surface area contributed by atoms with Crippen LogP contribution in [0.4, 0.5) is 0 Å². The van der Waals surface area contributed by atoms with Crippen LogP contribution in [0.1, 0.15) is 38.7 Å². The Balaban J connectivity index is 2.18. The standard InChI is InChI=1S/C16H24N2O4S/c1-11(2)22-15-8-7-13(10-12(15)3)23(20,21)18-14-6-4-5-9-17-16(14)19/h7-8,10-11,14,18H,4-6,9H2,1-3H3,(H,17,19)/t14-/m1/s1. The van der Waals surface area contributed by atoms with Crippen molar-refractivity contribution in [1.82, 2.24) is 10.0 Å². The van der Waals surface area contributed by atoms with Crippen LogP contribution in [0.2, 0.25) is 0 Å². The highest BCUT2D eigenvalue weighted by molar-refractivity contribution is 7.89. The Hall–Kier alpha value is -1.60. The van der Waals surface area contributed by atoms with E-state index in [2.05, 4.69) is 10.0 Å². The molecule has 7 heteroatoms. The van der Waals surface area contributed by atoms with Gasteiger partial charge in [0.15, 0.2) is 0 Å². The normalized spacial score (nSPS) is 19.3. The van der Waals surface area contributed by atoms with Crippen LogP contribution in [0.15, 0.2) is 23.1 Å². The molecular formula is C16H24N2O4S. The second kappa shape index (κ2) is 7.31. The number of ether oxygens (including phenoxy) is 1. The lowest BCUT2D eigenvalue weighted by Gasteiger charge is -2.17. The summed E-state index contributed by atoms with van der Waals surface area (Å²) in [6.07, 6.45) is 2.21. The average Bonchev–Trinajstić information content (AvgIpc) is 2.65. The Morgan fingerprint density at radius 2 is 2.04 bits per heavy atom. The summed E-state index contributed by atoms with van der Waals surface area (Å²) < 4.78 is 33.1. The number of benzene rings is 1. The Kier molecular flexibility index (Phi) is 5.64. The molecular weight excluding hydrogens is 316 g/mol. The highest BCUT2D eigenvalue weighted by Crippen LogP contribution is 2.23. The molecule has 0 spiro atoms. The molecule has 1 aromatic carbocycles. The summed E-state index contributed by atoms with van der Waals surface area (Å²) in [4.78, 5) is 12.0. The molecule has 0 radical (unpaired) electrons. The zero-order valence-electron chi connectivity index (χ0n) is 13.8. The van der Waals surface area contributed by atoms with Gasteiger partial charge in [-0.25, -0.2) is 8.42 Å². The first-order chi connectivity index (χ1) is 10.8. The van der Waals surface area contributed by atoms with Crippen molar-refractivity contribution in [1.29, 1.82) is 0 Å². The first-order valence-electron chi connectivity index (χ1n) is 7.87. The van der Waals surface area contributed by atoms with Gasteiger partial charge in [0.05, 0.1) is 11.0 Å². The van der Waals surface area contributed by atoms with Gasteiger partial charge in [0, 0.05) is 6.54 Å². The minimum atomic E-state index is -3.74. The van der Waals surface area contributed by atoms with Crippen LogP contribution in [0.25, 0.3) is 0 Å². The van der Waals surface area contributed by atoms with Crippen molar-refractivity contribution in [3.05, 3.63) is 23.8 Å². The number of carbonyl (C=O) groups excluding carboxylic acids is 1. The van der Waals surface area contributed by atoms with Gasteiger partial charge in [0.1, 0.15) is 11.8 Å². The Morgan fingerprint density at radius 3 is 2.70 bits per heavy atom. The van der Waals surface area contributed by atoms with E-state index in [4.69, 9.17) is 4.74 Å². The van der Waals surface area contributed by atoms with Crippen LogP contribution in [0, 0.1) is 6.92 Å². The number of amides is 1. The Bertz CT molecular complexity index is 671. The Labute approximate surface area is 137 Å². The van der Waals surface area contributed by atoms with Crippen LogP contribution >= 0.6 is 0 Å². The van der Waals surface area contributed by atoms with Gasteiger partial charge in [0.25, 0.3) is 0 Å². The predicted octanol–water partition coefficient (Wildman–Crippen LogP) is 1.73. The molecule has 6 nitrogen and oxygen atoms in total. The minimum absolute atomic E-state index is 0.0176. The molecule has 2 rings (SSSR count). The number of sulfonamides is 1. The monoisotopic (exact) mass is 340 g/mol. The molecule has 0 unspecified atom stereocenters. The smallest absolute Gasteiger partial charge is 0.241 e. The van der Waals surface area contributed by atoms with Gasteiger partial charge in [-0.3, -0.25) is 4.79 Å². The third-order valence-electron chi connectivity index (χ3n) is 3.65. The first-order valence-corrected chi connectivity index (χ1v) is 9.35. The van der Waals surface area contributed by atoms with Gasteiger partial charge in [-0.2, -0.15) is 4.72 Å². The quantitative estimate of drug-likeness (QED) is 0.855. The van der Waals surface area contributed by atoms with E-state index in [1.54, 1.807) is 19.1 Å². The summed E-state index contributed by atoms with van der Waals surface area (Å²) in [6.45, 7) is 6.22. The predicted molar refractivity (Wildman–Crippen MR) is 87.9 cm³/mol. The van der Waals surface area contributed by atoms with E-state index in [0.29, 0.717) is 18.7 Å². The lowest BCUT2D eigenvalue weighted by atomic mass is 10.1. The van der Waals surface area contributed by atoms with Crippen molar-refractivity contribution >= 4 is 15.9 Å². The number of aryl methyl sites for hydroxylation is 1. The van der Waals surface area contributed by atoms with E-state index >= 15 is 0 Å². The molecule has 1 heterocycles. The molecule has 1 fully saturated rings. The maximum Gasteiger partial charge on any atom is 0.241 e. The second-order valence-corrected chi connectivity index (χ2v) is 7.77. The lowest BCUT2D eigenvalue weighted by molar-refractivity contribution is -0.122. The van der Waals surface area contributed by atoms with Gasteiger partial charge in [0.2, 0.25) is 15.9 Å². The molecule has 1 atom stereocenters.